The van der Waals surface area contributed by atoms with Gasteiger partial charge in [0.05, 0.1) is 6.21 Å². The van der Waals surface area contributed by atoms with Crippen LogP contribution in [0.4, 0.5) is 4.79 Å². The summed E-state index contributed by atoms with van der Waals surface area (Å²) in [7, 11) is 0. The minimum atomic E-state index is -0.717. The molecule has 0 aliphatic heterocycles. The molecular formula is C16H17N3O3. The van der Waals surface area contributed by atoms with Gasteiger partial charge in [0.25, 0.3) is 0 Å². The lowest BCUT2D eigenvalue weighted by Crippen LogP contribution is -2.24. The van der Waals surface area contributed by atoms with Crippen LogP contribution >= 0.6 is 0 Å². The molecule has 6 heteroatoms. The van der Waals surface area contributed by atoms with Gasteiger partial charge >= 0.3 is 6.03 Å². The number of primary amides is 1. The van der Waals surface area contributed by atoms with Crippen LogP contribution in [0, 0.1) is 0 Å². The van der Waals surface area contributed by atoms with Crippen molar-refractivity contribution in [2.24, 2.45) is 10.8 Å². The molecule has 0 heterocycles. The average Bonchev–Trinajstić information content (AvgIpc) is 2.53. The molecule has 0 bridgehead atoms. The molecule has 114 valence electrons. The lowest BCUT2D eigenvalue weighted by atomic mass is 10.2. The van der Waals surface area contributed by atoms with Crippen LogP contribution in [0.5, 0.6) is 11.5 Å². The quantitative estimate of drug-likeness (QED) is 0.466. The number of benzene rings is 2. The van der Waals surface area contributed by atoms with E-state index in [1.54, 1.807) is 0 Å². The molecule has 0 saturated heterocycles. The van der Waals surface area contributed by atoms with Gasteiger partial charge in [0, 0.05) is 5.56 Å². The van der Waals surface area contributed by atoms with E-state index in [-0.39, 0.29) is 0 Å². The molecule has 3 N–H and O–H groups in total. The minimum Gasteiger partial charge on any atom is -0.490 e. The zero-order chi connectivity index (χ0) is 15.6. The fourth-order valence-electron chi connectivity index (χ4n) is 1.71. The summed E-state index contributed by atoms with van der Waals surface area (Å²) in [5.74, 6) is 1.45. The van der Waals surface area contributed by atoms with Crippen molar-refractivity contribution < 1.29 is 14.3 Å². The normalized spacial score (nSPS) is 10.4. The van der Waals surface area contributed by atoms with Gasteiger partial charge in [-0.2, -0.15) is 5.10 Å². The van der Waals surface area contributed by atoms with Crippen molar-refractivity contribution >= 4 is 12.2 Å². The number of rotatable bonds is 7. The summed E-state index contributed by atoms with van der Waals surface area (Å²) in [5.41, 5.74) is 7.81. The van der Waals surface area contributed by atoms with Crippen LogP contribution in [0.25, 0.3) is 0 Å². The van der Waals surface area contributed by atoms with Crippen molar-refractivity contribution in [3.8, 4) is 11.5 Å². The Balaban J connectivity index is 1.84. The summed E-state index contributed by atoms with van der Waals surface area (Å²) >= 11 is 0. The highest BCUT2D eigenvalue weighted by Crippen LogP contribution is 2.16. The van der Waals surface area contributed by atoms with Crippen LogP contribution in [0.1, 0.15) is 5.56 Å². The Labute approximate surface area is 128 Å². The predicted octanol–water partition coefficient (Wildman–Crippen LogP) is 2.15. The predicted molar refractivity (Wildman–Crippen MR) is 84.2 cm³/mol. The average molecular weight is 299 g/mol. The Morgan fingerprint density at radius 1 is 1.05 bits per heavy atom. The van der Waals surface area contributed by atoms with E-state index in [4.69, 9.17) is 15.2 Å². The topological polar surface area (TPSA) is 85.9 Å². The minimum absolute atomic E-state index is 0.392. The Bertz CT molecular complexity index is 630. The number of nitrogens with zero attached hydrogens (tertiary/aromatic N) is 1. The van der Waals surface area contributed by atoms with Crippen molar-refractivity contribution in [3.63, 3.8) is 0 Å². The second-order valence-electron chi connectivity index (χ2n) is 4.28. The molecule has 2 rings (SSSR count). The first-order valence-corrected chi connectivity index (χ1v) is 6.74. The van der Waals surface area contributed by atoms with Gasteiger partial charge in [0.15, 0.2) is 0 Å². The number of carbonyl (C=O) groups excluding carboxylic acids is 1. The molecule has 0 unspecified atom stereocenters. The Morgan fingerprint density at radius 2 is 1.73 bits per heavy atom. The maximum absolute atomic E-state index is 10.6. The number of para-hydroxylation sites is 2. The van der Waals surface area contributed by atoms with E-state index < -0.39 is 6.03 Å². The smallest absolute Gasteiger partial charge is 0.332 e. The number of nitrogens with one attached hydrogen (secondary N) is 1. The lowest BCUT2D eigenvalue weighted by Gasteiger charge is -2.10. The maximum Gasteiger partial charge on any atom is 0.332 e. The molecule has 2 aromatic rings. The van der Waals surface area contributed by atoms with Crippen LogP contribution in [0.3, 0.4) is 0 Å². The van der Waals surface area contributed by atoms with Crippen LogP contribution in [0.15, 0.2) is 59.7 Å². The summed E-state index contributed by atoms with van der Waals surface area (Å²) in [6.45, 7) is 0.817. The number of carbonyl (C=O) groups is 1. The first-order chi connectivity index (χ1) is 10.8. The van der Waals surface area contributed by atoms with Crippen LogP contribution in [-0.2, 0) is 0 Å². The maximum atomic E-state index is 10.6. The van der Waals surface area contributed by atoms with E-state index in [0.717, 1.165) is 11.3 Å². The van der Waals surface area contributed by atoms with E-state index in [1.807, 2.05) is 54.6 Å². The SMILES string of the molecule is NC(=O)NN=Cc1ccccc1OCCOc1ccccc1. The zero-order valence-corrected chi connectivity index (χ0v) is 11.9. The van der Waals surface area contributed by atoms with E-state index in [2.05, 4.69) is 10.5 Å². The second-order valence-corrected chi connectivity index (χ2v) is 4.28. The molecule has 0 spiro atoms. The van der Waals surface area contributed by atoms with E-state index >= 15 is 0 Å². The number of ether oxygens (including phenoxy) is 2. The fourth-order valence-corrected chi connectivity index (χ4v) is 1.71. The van der Waals surface area contributed by atoms with Gasteiger partial charge in [-0.25, -0.2) is 10.2 Å². The number of nitrogens with two attached hydrogens (primary N) is 1. The first kappa shape index (κ1) is 15.4. The third-order valence-electron chi connectivity index (χ3n) is 2.65. The highest BCUT2D eigenvalue weighted by atomic mass is 16.5. The molecule has 0 aliphatic rings. The van der Waals surface area contributed by atoms with Crippen molar-refractivity contribution in [1.29, 1.82) is 0 Å². The van der Waals surface area contributed by atoms with Gasteiger partial charge < -0.3 is 15.2 Å². The number of amides is 2. The molecule has 0 aliphatic carbocycles. The molecule has 0 saturated carbocycles. The largest absolute Gasteiger partial charge is 0.490 e. The molecule has 6 nitrogen and oxygen atoms in total. The second kappa shape index (κ2) is 8.31. The van der Waals surface area contributed by atoms with Gasteiger partial charge in [-0.1, -0.05) is 30.3 Å². The van der Waals surface area contributed by atoms with Gasteiger partial charge in [-0.3, -0.25) is 0 Å². The Hall–Kier alpha value is -3.02. The molecule has 2 amide bonds. The number of hydrazone groups is 1. The summed E-state index contributed by atoms with van der Waals surface area (Å²) in [5, 5.41) is 3.72. The highest BCUT2D eigenvalue weighted by molar-refractivity contribution is 5.84. The summed E-state index contributed by atoms with van der Waals surface area (Å²) in [6, 6.07) is 16.1. The highest BCUT2D eigenvalue weighted by Gasteiger charge is 2.01. The van der Waals surface area contributed by atoms with E-state index in [0.29, 0.717) is 19.0 Å². The van der Waals surface area contributed by atoms with Gasteiger partial charge in [-0.05, 0) is 24.3 Å². The Kier molecular flexibility index (Phi) is 5.80. The van der Waals surface area contributed by atoms with Gasteiger partial charge in [-0.15, -0.1) is 0 Å². The van der Waals surface area contributed by atoms with Crippen LogP contribution in [0.2, 0.25) is 0 Å². The Morgan fingerprint density at radius 3 is 2.50 bits per heavy atom. The van der Waals surface area contributed by atoms with Gasteiger partial charge in [0.2, 0.25) is 0 Å². The van der Waals surface area contributed by atoms with Crippen molar-refractivity contribution in [1.82, 2.24) is 5.43 Å². The van der Waals surface area contributed by atoms with E-state index in [1.165, 1.54) is 6.21 Å². The fraction of sp³-hybridized carbons (Fsp3) is 0.125. The summed E-state index contributed by atoms with van der Waals surface area (Å²) in [4.78, 5) is 10.6. The zero-order valence-electron chi connectivity index (χ0n) is 11.9. The van der Waals surface area contributed by atoms with Crippen LogP contribution in [-0.4, -0.2) is 25.5 Å². The molecular weight excluding hydrogens is 282 g/mol. The monoisotopic (exact) mass is 299 g/mol. The van der Waals surface area contributed by atoms with Crippen molar-refractivity contribution in [3.05, 3.63) is 60.2 Å². The third kappa shape index (κ3) is 5.16. The standard InChI is InChI=1S/C16H17N3O3/c17-16(20)19-18-12-13-6-4-5-9-15(13)22-11-10-21-14-7-2-1-3-8-14/h1-9,12H,10-11H2,(H3,17,19,20). The molecule has 22 heavy (non-hydrogen) atoms. The number of hydrogen-bond donors (Lipinski definition) is 2. The first-order valence-electron chi connectivity index (χ1n) is 6.74. The summed E-state index contributed by atoms with van der Waals surface area (Å²) in [6.07, 6.45) is 1.47. The van der Waals surface area contributed by atoms with Gasteiger partial charge in [0.1, 0.15) is 24.7 Å². The third-order valence-corrected chi connectivity index (χ3v) is 2.65. The van der Waals surface area contributed by atoms with E-state index in [9.17, 15) is 4.79 Å². The molecule has 0 radical (unpaired) electrons. The summed E-state index contributed by atoms with van der Waals surface area (Å²) < 4.78 is 11.2. The molecule has 0 atom stereocenters. The number of hydrogen-bond acceptors (Lipinski definition) is 4. The lowest BCUT2D eigenvalue weighted by molar-refractivity contribution is 0.217. The van der Waals surface area contributed by atoms with Crippen molar-refractivity contribution in [2.45, 2.75) is 0 Å². The van der Waals surface area contributed by atoms with Crippen LogP contribution < -0.4 is 20.6 Å². The molecule has 2 aromatic carbocycles. The molecule has 0 fully saturated rings. The van der Waals surface area contributed by atoms with Crippen molar-refractivity contribution in [2.75, 3.05) is 13.2 Å². The number of urea groups is 1. The molecule has 0 aromatic heterocycles.